The summed E-state index contributed by atoms with van der Waals surface area (Å²) in [6, 6.07) is 9.92. The second-order valence-electron chi connectivity index (χ2n) is 5.09. The number of hydrogen-bond donors (Lipinski definition) is 1. The van der Waals surface area contributed by atoms with Crippen LogP contribution in [0.2, 0.25) is 0 Å². The number of nitrogens with one attached hydrogen (secondary N) is 1. The van der Waals surface area contributed by atoms with E-state index in [0.29, 0.717) is 0 Å². The minimum atomic E-state index is 1.09. The van der Waals surface area contributed by atoms with E-state index in [1.807, 2.05) is 0 Å². The van der Waals surface area contributed by atoms with Gasteiger partial charge in [0.05, 0.1) is 0 Å². The Morgan fingerprint density at radius 3 is 3.11 bits per heavy atom. The number of rotatable bonds is 5. The molecule has 0 spiro atoms. The highest BCUT2D eigenvalue weighted by molar-refractivity contribution is 5.53. The molecule has 1 heterocycles. The molecule has 1 aliphatic rings. The Kier molecular flexibility index (Phi) is 5.53. The van der Waals surface area contributed by atoms with Crippen molar-refractivity contribution < 1.29 is 0 Å². The van der Waals surface area contributed by atoms with Crippen LogP contribution >= 0.6 is 0 Å². The minimum Gasteiger partial charge on any atom is -0.369 e. The number of aryl methyl sites for hydroxylation is 1. The molecule has 2 rings (SSSR count). The third-order valence-corrected chi connectivity index (χ3v) is 3.62. The molecular weight excluding hydrogens is 220 g/mol. The van der Waals surface area contributed by atoms with Gasteiger partial charge in [0.25, 0.3) is 0 Å². The highest BCUT2D eigenvalue weighted by Crippen LogP contribution is 2.22. The Morgan fingerprint density at radius 1 is 1.28 bits per heavy atom. The average Bonchev–Trinajstić information content (AvgIpc) is 2.68. The Labute approximate surface area is 111 Å². The second kappa shape index (κ2) is 7.42. The zero-order valence-corrected chi connectivity index (χ0v) is 11.5. The minimum absolute atomic E-state index is 1.09. The van der Waals surface area contributed by atoms with E-state index >= 15 is 0 Å². The number of unbranched alkanes of at least 4 members (excludes halogenated alkanes) is 2. The zero-order chi connectivity index (χ0) is 12.6. The van der Waals surface area contributed by atoms with E-state index in [-0.39, 0.29) is 0 Å². The predicted octanol–water partition coefficient (Wildman–Crippen LogP) is 3.02. The molecular formula is C16H25N2. The van der Waals surface area contributed by atoms with Crippen LogP contribution in [0.4, 0.5) is 5.69 Å². The van der Waals surface area contributed by atoms with Gasteiger partial charge in [-0.2, -0.15) is 0 Å². The number of nitrogens with zero attached hydrogens (tertiary/aromatic N) is 1. The summed E-state index contributed by atoms with van der Waals surface area (Å²) in [7, 11) is 0. The molecule has 2 nitrogen and oxygen atoms in total. The van der Waals surface area contributed by atoms with Crippen molar-refractivity contribution in [2.45, 2.75) is 39.0 Å². The number of hydrogen-bond acceptors (Lipinski definition) is 2. The van der Waals surface area contributed by atoms with Gasteiger partial charge in [-0.3, -0.25) is 0 Å². The highest BCUT2D eigenvalue weighted by atomic mass is 15.2. The normalized spacial score (nSPS) is 16.6. The van der Waals surface area contributed by atoms with Gasteiger partial charge < -0.3 is 10.2 Å². The van der Waals surface area contributed by atoms with Crippen LogP contribution in [0.3, 0.4) is 0 Å². The lowest BCUT2D eigenvalue weighted by Crippen LogP contribution is -2.28. The van der Waals surface area contributed by atoms with Crippen molar-refractivity contribution in [2.75, 3.05) is 31.1 Å². The van der Waals surface area contributed by atoms with Gasteiger partial charge in [0.1, 0.15) is 0 Å². The molecule has 99 valence electrons. The lowest BCUT2D eigenvalue weighted by molar-refractivity contribution is 0.712. The third-order valence-electron chi connectivity index (χ3n) is 3.62. The number of para-hydroxylation sites is 1. The van der Waals surface area contributed by atoms with E-state index in [9.17, 15) is 0 Å². The monoisotopic (exact) mass is 245 g/mol. The summed E-state index contributed by atoms with van der Waals surface area (Å²) >= 11 is 0. The van der Waals surface area contributed by atoms with Crippen molar-refractivity contribution in [1.82, 2.24) is 5.32 Å². The van der Waals surface area contributed by atoms with E-state index < -0.39 is 0 Å². The van der Waals surface area contributed by atoms with Crippen LogP contribution in [-0.2, 0) is 6.42 Å². The fraction of sp³-hybridized carbons (Fsp3) is 0.625. The Bertz CT molecular complexity index is 341. The summed E-state index contributed by atoms with van der Waals surface area (Å²) in [5.74, 6) is 0. The molecule has 1 aromatic carbocycles. The Balaban J connectivity index is 2.05. The van der Waals surface area contributed by atoms with Crippen molar-refractivity contribution in [3.05, 3.63) is 29.8 Å². The highest BCUT2D eigenvalue weighted by Gasteiger charge is 2.12. The molecule has 1 radical (unpaired) electrons. The summed E-state index contributed by atoms with van der Waals surface area (Å²) in [6.45, 7) is 6.78. The first kappa shape index (κ1) is 13.4. The standard InChI is InChI=1S/C16H25N2/c1-2-3-4-8-15-9-5-6-10-16(15)18-13-7-11-17-12-14-18/h5-6,9,17H,2-4,7-8,11-14H2,1H3. The Morgan fingerprint density at radius 2 is 2.22 bits per heavy atom. The first-order valence-electron chi connectivity index (χ1n) is 7.37. The molecule has 0 saturated carbocycles. The number of benzene rings is 1. The maximum absolute atomic E-state index is 3.46. The molecule has 0 bridgehead atoms. The topological polar surface area (TPSA) is 15.3 Å². The summed E-state index contributed by atoms with van der Waals surface area (Å²) in [4.78, 5) is 2.50. The van der Waals surface area contributed by atoms with Crippen LogP contribution in [0.15, 0.2) is 18.2 Å². The summed E-state index contributed by atoms with van der Waals surface area (Å²) in [6.07, 6.45) is 6.35. The predicted molar refractivity (Wildman–Crippen MR) is 78.2 cm³/mol. The molecule has 1 aromatic rings. The molecule has 1 fully saturated rings. The molecule has 0 unspecified atom stereocenters. The summed E-state index contributed by atoms with van der Waals surface area (Å²) in [5.41, 5.74) is 2.82. The van der Waals surface area contributed by atoms with Crippen LogP contribution in [0.1, 0.15) is 38.2 Å². The third kappa shape index (κ3) is 3.74. The van der Waals surface area contributed by atoms with E-state index in [1.54, 1.807) is 0 Å². The van der Waals surface area contributed by atoms with Crippen molar-refractivity contribution in [3.63, 3.8) is 0 Å². The molecule has 2 heteroatoms. The maximum atomic E-state index is 3.46. The zero-order valence-electron chi connectivity index (χ0n) is 11.5. The lowest BCUT2D eigenvalue weighted by Gasteiger charge is -2.25. The maximum Gasteiger partial charge on any atom is 0.0479 e. The second-order valence-corrected chi connectivity index (χ2v) is 5.09. The van der Waals surface area contributed by atoms with Crippen molar-refractivity contribution >= 4 is 5.69 Å². The van der Waals surface area contributed by atoms with Gasteiger partial charge in [-0.15, -0.1) is 0 Å². The van der Waals surface area contributed by atoms with Crippen LogP contribution in [0, 0.1) is 6.07 Å². The van der Waals surface area contributed by atoms with Crippen LogP contribution < -0.4 is 10.2 Å². The van der Waals surface area contributed by atoms with Crippen molar-refractivity contribution in [2.24, 2.45) is 0 Å². The van der Waals surface area contributed by atoms with E-state index in [2.05, 4.69) is 41.4 Å². The Hall–Kier alpha value is -1.02. The van der Waals surface area contributed by atoms with E-state index in [0.717, 1.165) is 26.2 Å². The molecule has 0 amide bonds. The van der Waals surface area contributed by atoms with Gasteiger partial charge in [-0.1, -0.05) is 38.0 Å². The van der Waals surface area contributed by atoms with Gasteiger partial charge in [0.15, 0.2) is 0 Å². The van der Waals surface area contributed by atoms with Crippen molar-refractivity contribution in [1.29, 1.82) is 0 Å². The van der Waals surface area contributed by atoms with Gasteiger partial charge in [-0.25, -0.2) is 0 Å². The van der Waals surface area contributed by atoms with E-state index in [1.165, 1.54) is 43.4 Å². The van der Waals surface area contributed by atoms with Gasteiger partial charge in [0.2, 0.25) is 0 Å². The fourth-order valence-corrected chi connectivity index (χ4v) is 2.59. The summed E-state index contributed by atoms with van der Waals surface area (Å²) < 4.78 is 0. The largest absolute Gasteiger partial charge is 0.369 e. The van der Waals surface area contributed by atoms with Gasteiger partial charge in [-0.05, 0) is 31.4 Å². The van der Waals surface area contributed by atoms with E-state index in [4.69, 9.17) is 0 Å². The van der Waals surface area contributed by atoms with Gasteiger partial charge in [0, 0.05) is 31.4 Å². The smallest absolute Gasteiger partial charge is 0.0479 e. The molecule has 0 aliphatic carbocycles. The van der Waals surface area contributed by atoms with Gasteiger partial charge >= 0.3 is 0 Å². The molecule has 1 aliphatic heterocycles. The molecule has 0 aromatic heterocycles. The average molecular weight is 245 g/mol. The molecule has 18 heavy (non-hydrogen) atoms. The lowest BCUT2D eigenvalue weighted by atomic mass is 10.0. The summed E-state index contributed by atoms with van der Waals surface area (Å²) in [5, 5.41) is 3.46. The molecule has 0 atom stereocenters. The van der Waals surface area contributed by atoms with Crippen LogP contribution in [0.5, 0.6) is 0 Å². The fourth-order valence-electron chi connectivity index (χ4n) is 2.59. The first-order chi connectivity index (χ1) is 8.92. The quantitative estimate of drug-likeness (QED) is 0.802. The SMILES string of the molecule is CCCCCc1ccc[c]c1N1CCCNCC1. The molecule has 1 saturated heterocycles. The first-order valence-corrected chi connectivity index (χ1v) is 7.37. The van der Waals surface area contributed by atoms with Crippen LogP contribution in [0.25, 0.3) is 0 Å². The number of anilines is 1. The molecule has 1 N–H and O–H groups in total. The van der Waals surface area contributed by atoms with Crippen molar-refractivity contribution in [3.8, 4) is 0 Å². The van der Waals surface area contributed by atoms with Crippen LogP contribution in [-0.4, -0.2) is 26.2 Å².